The van der Waals surface area contributed by atoms with E-state index in [0.29, 0.717) is 18.0 Å². The molecule has 0 atom stereocenters. The lowest BCUT2D eigenvalue weighted by Crippen LogP contribution is -2.43. The topological polar surface area (TPSA) is 83.5 Å². The van der Waals surface area contributed by atoms with Gasteiger partial charge in [-0.2, -0.15) is 4.31 Å². The van der Waals surface area contributed by atoms with Crippen LogP contribution >= 0.6 is 11.3 Å². The first kappa shape index (κ1) is 22.6. The predicted molar refractivity (Wildman–Crippen MR) is 134 cm³/mol. The molecule has 0 bridgehead atoms. The lowest BCUT2D eigenvalue weighted by Gasteiger charge is -2.33. The lowest BCUT2D eigenvalue weighted by atomic mass is 9.96. The van der Waals surface area contributed by atoms with Crippen molar-refractivity contribution in [3.63, 3.8) is 0 Å². The van der Waals surface area contributed by atoms with Crippen LogP contribution in [0.25, 0.3) is 10.2 Å². The summed E-state index contributed by atoms with van der Waals surface area (Å²) in [4.78, 5) is 24.4. The fraction of sp³-hybridized carbons (Fsp3) is 0.240. The quantitative estimate of drug-likeness (QED) is 0.401. The molecule has 7 nitrogen and oxygen atoms in total. The summed E-state index contributed by atoms with van der Waals surface area (Å²) in [5, 5.41) is 0.630. The van der Waals surface area contributed by atoms with Crippen LogP contribution < -0.4 is 4.90 Å². The number of aryl methyl sites for hydroxylation is 1. The number of aromatic nitrogens is 2. The average Bonchev–Trinajstić information content (AvgIpc) is 3.29. The molecule has 2 aromatic carbocycles. The van der Waals surface area contributed by atoms with E-state index in [-0.39, 0.29) is 29.8 Å². The molecule has 0 radical (unpaired) electrons. The van der Waals surface area contributed by atoms with E-state index in [0.717, 1.165) is 21.5 Å². The van der Waals surface area contributed by atoms with Crippen LogP contribution in [0.1, 0.15) is 18.4 Å². The van der Waals surface area contributed by atoms with Crippen molar-refractivity contribution in [2.45, 2.75) is 24.7 Å². The van der Waals surface area contributed by atoms with Gasteiger partial charge in [0.25, 0.3) is 0 Å². The molecule has 1 amide bonds. The molecule has 0 saturated carbocycles. The van der Waals surface area contributed by atoms with E-state index < -0.39 is 10.0 Å². The van der Waals surface area contributed by atoms with Crippen molar-refractivity contribution in [2.24, 2.45) is 5.92 Å². The van der Waals surface area contributed by atoms with Gasteiger partial charge in [0.05, 0.1) is 15.9 Å². The Hall–Kier alpha value is -3.14. The van der Waals surface area contributed by atoms with Crippen LogP contribution in [0.5, 0.6) is 0 Å². The maximum atomic E-state index is 13.9. The fourth-order valence-electron chi connectivity index (χ4n) is 4.26. The van der Waals surface area contributed by atoms with Crippen molar-refractivity contribution < 1.29 is 13.2 Å². The van der Waals surface area contributed by atoms with Gasteiger partial charge in [0.1, 0.15) is 4.90 Å². The molecule has 3 heterocycles. The van der Waals surface area contributed by atoms with E-state index in [1.165, 1.54) is 21.8 Å². The Morgan fingerprint density at radius 2 is 1.76 bits per heavy atom. The highest BCUT2D eigenvalue weighted by molar-refractivity contribution is 7.89. The SMILES string of the molecule is Cc1ccccc1N(C(=O)C1CCN(S(=O)(=O)c2cccnc2)CC1)c1nc2ccccc2s1. The van der Waals surface area contributed by atoms with Gasteiger partial charge in [0, 0.05) is 31.4 Å². The highest BCUT2D eigenvalue weighted by atomic mass is 32.2. The summed E-state index contributed by atoms with van der Waals surface area (Å²) in [7, 11) is -3.62. The zero-order valence-corrected chi connectivity index (χ0v) is 20.3. The maximum absolute atomic E-state index is 13.9. The van der Waals surface area contributed by atoms with E-state index in [1.54, 1.807) is 23.2 Å². The average molecular weight is 493 g/mol. The summed E-state index contributed by atoms with van der Waals surface area (Å²) in [5.74, 6) is -0.348. The van der Waals surface area contributed by atoms with Crippen molar-refractivity contribution in [1.29, 1.82) is 0 Å². The van der Waals surface area contributed by atoms with Crippen LogP contribution in [0.3, 0.4) is 0 Å². The predicted octanol–water partition coefficient (Wildman–Crippen LogP) is 4.77. The zero-order chi connectivity index (χ0) is 23.7. The molecule has 174 valence electrons. The number of sulfonamides is 1. The number of hydrogen-bond acceptors (Lipinski definition) is 6. The third kappa shape index (κ3) is 4.22. The first-order chi connectivity index (χ1) is 16.4. The fourth-order valence-corrected chi connectivity index (χ4v) is 6.68. The largest absolute Gasteiger partial charge is 0.274 e. The first-order valence-corrected chi connectivity index (χ1v) is 13.4. The highest BCUT2D eigenvalue weighted by Gasteiger charge is 2.36. The number of hydrogen-bond donors (Lipinski definition) is 0. The number of amides is 1. The number of pyridine rings is 1. The Kier molecular flexibility index (Phi) is 6.16. The monoisotopic (exact) mass is 492 g/mol. The van der Waals surface area contributed by atoms with Crippen LogP contribution in [0.4, 0.5) is 10.8 Å². The molecule has 1 aliphatic rings. The third-order valence-corrected chi connectivity index (χ3v) is 9.03. The summed E-state index contributed by atoms with van der Waals surface area (Å²) < 4.78 is 28.4. The normalized spacial score (nSPS) is 15.4. The second kappa shape index (κ2) is 9.25. The van der Waals surface area contributed by atoms with Crippen molar-refractivity contribution >= 4 is 48.3 Å². The number of benzene rings is 2. The summed E-state index contributed by atoms with van der Waals surface area (Å²) in [6.07, 6.45) is 3.81. The number of carbonyl (C=O) groups is 1. The molecule has 0 N–H and O–H groups in total. The molecule has 9 heteroatoms. The van der Waals surface area contributed by atoms with Gasteiger partial charge in [-0.1, -0.05) is 41.7 Å². The standard InChI is InChI=1S/C25H24N4O3S2/c1-18-7-2-4-10-22(18)29(25-27-21-9-3-5-11-23(21)33-25)24(30)19-12-15-28(16-13-19)34(31,32)20-8-6-14-26-17-20/h2-11,14,17,19H,12-13,15-16H2,1H3. The smallest absolute Gasteiger partial charge is 0.244 e. The minimum Gasteiger partial charge on any atom is -0.274 e. The van der Waals surface area contributed by atoms with Crippen LogP contribution in [-0.2, 0) is 14.8 Å². The molecule has 0 spiro atoms. The van der Waals surface area contributed by atoms with Crippen LogP contribution in [0.2, 0.25) is 0 Å². The Bertz CT molecular complexity index is 1400. The van der Waals surface area contributed by atoms with Crippen molar-refractivity contribution in [3.8, 4) is 0 Å². The number of para-hydroxylation sites is 2. The minimum atomic E-state index is -3.62. The van der Waals surface area contributed by atoms with Gasteiger partial charge in [-0.15, -0.1) is 0 Å². The molecule has 1 aliphatic heterocycles. The Morgan fingerprint density at radius 3 is 2.47 bits per heavy atom. The van der Waals surface area contributed by atoms with Gasteiger partial charge in [-0.3, -0.25) is 14.7 Å². The second-order valence-corrected chi connectivity index (χ2v) is 11.2. The van der Waals surface area contributed by atoms with E-state index >= 15 is 0 Å². The minimum absolute atomic E-state index is 0.0493. The van der Waals surface area contributed by atoms with Gasteiger partial charge < -0.3 is 0 Å². The number of fused-ring (bicyclic) bond motifs is 1. The molecular formula is C25H24N4O3S2. The van der Waals surface area contributed by atoms with Crippen molar-refractivity contribution in [2.75, 3.05) is 18.0 Å². The summed E-state index contributed by atoms with van der Waals surface area (Å²) in [5.41, 5.74) is 2.63. The molecule has 1 fully saturated rings. The summed E-state index contributed by atoms with van der Waals surface area (Å²) >= 11 is 1.48. The molecular weight excluding hydrogens is 468 g/mol. The summed E-state index contributed by atoms with van der Waals surface area (Å²) in [6.45, 7) is 2.55. The van der Waals surface area contributed by atoms with Crippen molar-refractivity contribution in [1.82, 2.24) is 14.3 Å². The molecule has 34 heavy (non-hydrogen) atoms. The first-order valence-electron chi connectivity index (χ1n) is 11.1. The van der Waals surface area contributed by atoms with Gasteiger partial charge >= 0.3 is 0 Å². The molecule has 5 rings (SSSR count). The third-order valence-electron chi connectivity index (χ3n) is 6.13. The van der Waals surface area contributed by atoms with Gasteiger partial charge in [0.2, 0.25) is 15.9 Å². The second-order valence-electron chi connectivity index (χ2n) is 8.29. The number of carbonyl (C=O) groups excluding carboxylic acids is 1. The van der Waals surface area contributed by atoms with Crippen molar-refractivity contribution in [3.05, 3.63) is 78.6 Å². The van der Waals surface area contributed by atoms with Crippen LogP contribution in [0, 0.1) is 12.8 Å². The molecule has 0 unspecified atom stereocenters. The molecule has 4 aromatic rings. The van der Waals surface area contributed by atoms with Gasteiger partial charge in [-0.25, -0.2) is 13.4 Å². The van der Waals surface area contributed by atoms with Gasteiger partial charge in [-0.05, 0) is 55.7 Å². The number of nitrogens with zero attached hydrogens (tertiary/aromatic N) is 4. The van der Waals surface area contributed by atoms with E-state index in [1.807, 2.05) is 55.5 Å². The van der Waals surface area contributed by atoms with E-state index in [9.17, 15) is 13.2 Å². The van der Waals surface area contributed by atoms with Gasteiger partial charge in [0.15, 0.2) is 5.13 Å². The number of piperidine rings is 1. The Balaban J connectivity index is 1.42. The number of thiazole rings is 1. The summed E-state index contributed by atoms with van der Waals surface area (Å²) in [6, 6.07) is 18.8. The Morgan fingerprint density at radius 1 is 1.03 bits per heavy atom. The van der Waals surface area contributed by atoms with Crippen LogP contribution in [-0.4, -0.2) is 41.7 Å². The Labute approximate surface area is 202 Å². The van der Waals surface area contributed by atoms with E-state index in [4.69, 9.17) is 4.98 Å². The molecule has 0 aliphatic carbocycles. The molecule has 2 aromatic heterocycles. The zero-order valence-electron chi connectivity index (χ0n) is 18.7. The maximum Gasteiger partial charge on any atom is 0.244 e. The molecule has 1 saturated heterocycles. The van der Waals surface area contributed by atoms with Crippen LogP contribution in [0.15, 0.2) is 78.0 Å². The lowest BCUT2D eigenvalue weighted by molar-refractivity contribution is -0.122. The number of anilines is 2. The highest BCUT2D eigenvalue weighted by Crippen LogP contribution is 2.37. The van der Waals surface area contributed by atoms with E-state index in [2.05, 4.69) is 4.98 Å². The number of rotatable bonds is 5.